The van der Waals surface area contributed by atoms with Crippen molar-refractivity contribution < 1.29 is 19.4 Å². The molecule has 0 aromatic heterocycles. The maximum absolute atomic E-state index is 9.54. The molecule has 126 valence electrons. The normalized spacial score (nSPS) is 12.3. The summed E-state index contributed by atoms with van der Waals surface area (Å²) < 4.78 is 10.7. The van der Waals surface area contributed by atoms with Crippen LogP contribution in [0, 0.1) is 0 Å². The molecule has 0 fully saturated rings. The number of nitrogens with zero attached hydrogens (tertiary/aromatic N) is 1. The molecule has 0 radical (unpaired) electrons. The molecule has 1 N–H and O–H groups in total. The molecule has 5 nitrogen and oxygen atoms in total. The number of rotatable bonds is 8. The first-order valence-electron chi connectivity index (χ1n) is 7.56. The van der Waals surface area contributed by atoms with E-state index in [1.807, 2.05) is 54.6 Å². The van der Waals surface area contributed by atoms with Gasteiger partial charge in [-0.1, -0.05) is 43.0 Å². The molecule has 5 heteroatoms. The second kappa shape index (κ2) is 9.37. The highest BCUT2D eigenvalue weighted by Gasteiger charge is 2.13. The van der Waals surface area contributed by atoms with Crippen LogP contribution in [0.3, 0.4) is 0 Å². The van der Waals surface area contributed by atoms with Gasteiger partial charge in [0.1, 0.15) is 12.4 Å². The molecule has 24 heavy (non-hydrogen) atoms. The van der Waals surface area contributed by atoms with E-state index in [1.165, 1.54) is 0 Å². The van der Waals surface area contributed by atoms with Crippen molar-refractivity contribution in [3.05, 3.63) is 78.4 Å². The van der Waals surface area contributed by atoms with Gasteiger partial charge in [0, 0.05) is 5.56 Å². The van der Waals surface area contributed by atoms with Crippen molar-refractivity contribution in [2.45, 2.75) is 6.10 Å². The van der Waals surface area contributed by atoms with E-state index in [9.17, 15) is 5.11 Å². The number of oxime groups is 1. The van der Waals surface area contributed by atoms with Gasteiger partial charge in [-0.25, -0.2) is 0 Å². The molecule has 0 spiro atoms. The lowest BCUT2D eigenvalue weighted by atomic mass is 10.1. The van der Waals surface area contributed by atoms with Crippen LogP contribution in [0.25, 0.3) is 0 Å². The Morgan fingerprint density at radius 3 is 2.46 bits per heavy atom. The maximum atomic E-state index is 9.54. The van der Waals surface area contributed by atoms with Crippen LogP contribution in [0.15, 0.2) is 72.4 Å². The van der Waals surface area contributed by atoms with Crippen LogP contribution in [0.5, 0.6) is 5.75 Å². The zero-order valence-corrected chi connectivity index (χ0v) is 13.6. The molecule has 2 aromatic rings. The van der Waals surface area contributed by atoms with Crippen LogP contribution in [0.1, 0.15) is 17.2 Å². The third kappa shape index (κ3) is 4.86. The highest BCUT2D eigenvalue weighted by Crippen LogP contribution is 2.18. The minimum atomic E-state index is -0.563. The van der Waals surface area contributed by atoms with Crippen LogP contribution in [0.2, 0.25) is 0 Å². The summed E-state index contributed by atoms with van der Waals surface area (Å²) in [5.41, 5.74) is 1.57. The predicted octanol–water partition coefficient (Wildman–Crippen LogP) is 3.31. The predicted molar refractivity (Wildman–Crippen MR) is 93.0 cm³/mol. The van der Waals surface area contributed by atoms with E-state index in [1.54, 1.807) is 13.2 Å². The monoisotopic (exact) mass is 327 g/mol. The van der Waals surface area contributed by atoms with Crippen LogP contribution < -0.4 is 4.74 Å². The number of hydrogen-bond donors (Lipinski definition) is 1. The Morgan fingerprint density at radius 2 is 1.88 bits per heavy atom. The number of benzene rings is 2. The van der Waals surface area contributed by atoms with Gasteiger partial charge in [-0.15, -0.1) is 0 Å². The van der Waals surface area contributed by atoms with Crippen molar-refractivity contribution in [3.63, 3.8) is 0 Å². The smallest absolute Gasteiger partial charge is 0.257 e. The lowest BCUT2D eigenvalue weighted by Gasteiger charge is -2.14. The minimum absolute atomic E-state index is 0.190. The standard InChI is InChI=1S/C19H21NO4/c1-3-13-23-19(16-9-11-17(22-2)12-10-16)20-24-18(14-21)15-7-5-4-6-8-15/h3-12,18,21H,1,13-14H2,2H3/b20-19-/t18-/m1/s1. The molecule has 2 aromatic carbocycles. The Kier molecular flexibility index (Phi) is 6.86. The summed E-state index contributed by atoms with van der Waals surface area (Å²) in [5, 5.41) is 13.6. The van der Waals surface area contributed by atoms with Gasteiger partial charge < -0.3 is 19.4 Å². The Morgan fingerprint density at radius 1 is 1.17 bits per heavy atom. The van der Waals surface area contributed by atoms with Crippen molar-refractivity contribution in [2.24, 2.45) is 5.16 Å². The molecular formula is C19H21NO4. The highest BCUT2D eigenvalue weighted by atomic mass is 16.7. The number of hydrogen-bond acceptors (Lipinski definition) is 5. The summed E-state index contributed by atoms with van der Waals surface area (Å²) in [6.45, 7) is 3.74. The van der Waals surface area contributed by atoms with Gasteiger partial charge in [0.05, 0.1) is 13.7 Å². The molecule has 0 heterocycles. The number of aliphatic hydroxyl groups is 1. The van der Waals surface area contributed by atoms with Gasteiger partial charge >= 0.3 is 0 Å². The van der Waals surface area contributed by atoms with Gasteiger partial charge in [-0.2, -0.15) is 0 Å². The Bertz CT molecular complexity index is 653. The molecule has 0 aliphatic rings. The molecule has 1 atom stereocenters. The molecule has 0 amide bonds. The fourth-order valence-electron chi connectivity index (χ4n) is 2.01. The third-order valence-electron chi connectivity index (χ3n) is 3.27. The molecular weight excluding hydrogens is 306 g/mol. The maximum Gasteiger partial charge on any atom is 0.257 e. The molecule has 0 aliphatic heterocycles. The SMILES string of the molecule is C=CCO/C(=N\O[C@H](CO)c1ccccc1)c1ccc(OC)cc1. The van der Waals surface area contributed by atoms with Crippen molar-refractivity contribution in [1.82, 2.24) is 0 Å². The van der Waals surface area contributed by atoms with Crippen molar-refractivity contribution in [3.8, 4) is 5.75 Å². The van der Waals surface area contributed by atoms with Gasteiger partial charge in [-0.3, -0.25) is 0 Å². The molecule has 0 saturated heterocycles. The van der Waals surface area contributed by atoms with Crippen molar-refractivity contribution >= 4 is 5.90 Å². The highest BCUT2D eigenvalue weighted by molar-refractivity contribution is 5.93. The topological polar surface area (TPSA) is 60.3 Å². The Labute approximate surface area is 141 Å². The molecule has 0 bridgehead atoms. The number of ether oxygens (including phenoxy) is 2. The summed E-state index contributed by atoms with van der Waals surface area (Å²) in [6, 6.07) is 16.7. The first-order chi connectivity index (χ1) is 11.8. The Hall–Kier alpha value is -2.79. The van der Waals surface area contributed by atoms with Crippen molar-refractivity contribution in [2.75, 3.05) is 20.3 Å². The minimum Gasteiger partial charge on any atom is -0.497 e. The third-order valence-corrected chi connectivity index (χ3v) is 3.27. The summed E-state index contributed by atoms with van der Waals surface area (Å²) in [7, 11) is 1.60. The van der Waals surface area contributed by atoms with E-state index in [0.29, 0.717) is 12.5 Å². The second-order valence-corrected chi connectivity index (χ2v) is 4.91. The fourth-order valence-corrected chi connectivity index (χ4v) is 2.01. The van der Waals surface area contributed by atoms with Crippen LogP contribution in [0.4, 0.5) is 0 Å². The summed E-state index contributed by atoms with van der Waals surface area (Å²) in [4.78, 5) is 5.49. The summed E-state index contributed by atoms with van der Waals surface area (Å²) >= 11 is 0. The van der Waals surface area contributed by atoms with E-state index in [0.717, 1.165) is 16.9 Å². The van der Waals surface area contributed by atoms with Crippen LogP contribution in [-0.2, 0) is 9.57 Å². The number of methoxy groups -OCH3 is 1. The van der Waals surface area contributed by atoms with Gasteiger partial charge in [0.2, 0.25) is 0 Å². The first kappa shape index (κ1) is 17.6. The Balaban J connectivity index is 2.18. The quantitative estimate of drug-likeness (QED) is 0.350. The molecule has 2 rings (SSSR count). The van der Waals surface area contributed by atoms with Crippen LogP contribution in [-0.4, -0.2) is 31.3 Å². The van der Waals surface area contributed by atoms with E-state index >= 15 is 0 Å². The summed E-state index contributed by atoms with van der Waals surface area (Å²) in [5.74, 6) is 1.05. The van der Waals surface area contributed by atoms with Gasteiger partial charge in [0.15, 0.2) is 6.10 Å². The van der Waals surface area contributed by atoms with Gasteiger partial charge in [0.25, 0.3) is 5.90 Å². The fraction of sp³-hybridized carbons (Fsp3) is 0.211. The second-order valence-electron chi connectivity index (χ2n) is 4.91. The van der Waals surface area contributed by atoms with E-state index in [-0.39, 0.29) is 6.61 Å². The lowest BCUT2D eigenvalue weighted by Crippen LogP contribution is -2.11. The first-order valence-corrected chi connectivity index (χ1v) is 7.56. The zero-order valence-electron chi connectivity index (χ0n) is 13.6. The van der Waals surface area contributed by atoms with E-state index in [2.05, 4.69) is 11.7 Å². The summed E-state index contributed by atoms with van der Waals surface area (Å²) in [6.07, 6.45) is 1.06. The lowest BCUT2D eigenvalue weighted by molar-refractivity contribution is 0.0116. The average Bonchev–Trinajstić information content (AvgIpc) is 2.65. The van der Waals surface area contributed by atoms with E-state index in [4.69, 9.17) is 14.3 Å². The van der Waals surface area contributed by atoms with Gasteiger partial charge in [-0.05, 0) is 35.0 Å². The molecule has 0 saturated carbocycles. The largest absolute Gasteiger partial charge is 0.497 e. The average molecular weight is 327 g/mol. The molecule has 0 aliphatic carbocycles. The molecule has 0 unspecified atom stereocenters. The number of aliphatic hydroxyl groups excluding tert-OH is 1. The van der Waals surface area contributed by atoms with Crippen LogP contribution >= 0.6 is 0 Å². The van der Waals surface area contributed by atoms with Crippen molar-refractivity contribution in [1.29, 1.82) is 0 Å². The van der Waals surface area contributed by atoms with E-state index < -0.39 is 6.10 Å². The zero-order chi connectivity index (χ0) is 17.2.